The summed E-state index contributed by atoms with van der Waals surface area (Å²) in [5.41, 5.74) is 3.93. The summed E-state index contributed by atoms with van der Waals surface area (Å²) in [6.45, 7) is 3.78. The highest BCUT2D eigenvalue weighted by Gasteiger charge is 2.03. The van der Waals surface area contributed by atoms with Crippen molar-refractivity contribution in [3.63, 3.8) is 0 Å². The molecule has 0 unspecified atom stereocenters. The molecule has 20 heavy (non-hydrogen) atoms. The third-order valence-corrected chi connectivity index (χ3v) is 3.46. The van der Waals surface area contributed by atoms with E-state index in [1.807, 2.05) is 13.1 Å². The Morgan fingerprint density at radius 1 is 1.00 bits per heavy atom. The molecule has 2 heteroatoms. The van der Waals surface area contributed by atoms with Crippen molar-refractivity contribution in [1.82, 2.24) is 5.32 Å². The molecule has 0 aliphatic rings. The second-order valence-electron chi connectivity index (χ2n) is 4.91. The third kappa shape index (κ3) is 4.10. The van der Waals surface area contributed by atoms with E-state index in [1.54, 1.807) is 0 Å². The summed E-state index contributed by atoms with van der Waals surface area (Å²) in [5.74, 6) is 0.952. The van der Waals surface area contributed by atoms with Gasteiger partial charge in [0.25, 0.3) is 0 Å². The average molecular weight is 269 g/mol. The highest BCUT2D eigenvalue weighted by molar-refractivity contribution is 5.30. The highest BCUT2D eigenvalue weighted by atomic mass is 16.5. The first-order valence-corrected chi connectivity index (χ1v) is 7.26. The molecule has 2 nitrogen and oxygen atoms in total. The van der Waals surface area contributed by atoms with Crippen LogP contribution in [-0.4, -0.2) is 13.6 Å². The van der Waals surface area contributed by atoms with Gasteiger partial charge in [-0.2, -0.15) is 0 Å². The van der Waals surface area contributed by atoms with E-state index in [9.17, 15) is 0 Å². The van der Waals surface area contributed by atoms with E-state index < -0.39 is 0 Å². The normalized spacial score (nSPS) is 10.5. The van der Waals surface area contributed by atoms with E-state index >= 15 is 0 Å². The molecule has 0 spiro atoms. The maximum Gasteiger partial charge on any atom is 0.120 e. The maximum absolute atomic E-state index is 5.93. The van der Waals surface area contributed by atoms with E-state index in [2.05, 4.69) is 54.7 Å². The van der Waals surface area contributed by atoms with Gasteiger partial charge in [0.2, 0.25) is 0 Å². The zero-order chi connectivity index (χ0) is 14.2. The second-order valence-corrected chi connectivity index (χ2v) is 4.91. The van der Waals surface area contributed by atoms with E-state index in [1.165, 1.54) is 16.7 Å². The standard InChI is InChI=1S/C18H23NO/c1-3-15-7-6-10-18(13-15)20-14-17-9-5-4-8-16(17)11-12-19-2/h4-10,13,19H,3,11-12,14H2,1-2H3. The van der Waals surface area contributed by atoms with Gasteiger partial charge in [0, 0.05) is 0 Å². The predicted molar refractivity (Wildman–Crippen MR) is 84.2 cm³/mol. The summed E-state index contributed by atoms with van der Waals surface area (Å²) >= 11 is 0. The largest absolute Gasteiger partial charge is 0.489 e. The number of rotatable bonds is 7. The smallest absolute Gasteiger partial charge is 0.120 e. The van der Waals surface area contributed by atoms with Crippen molar-refractivity contribution in [2.45, 2.75) is 26.4 Å². The second kappa shape index (κ2) is 7.71. The molecule has 0 amide bonds. The summed E-state index contributed by atoms with van der Waals surface area (Å²) in [7, 11) is 1.98. The lowest BCUT2D eigenvalue weighted by molar-refractivity contribution is 0.304. The summed E-state index contributed by atoms with van der Waals surface area (Å²) in [5, 5.41) is 3.19. The molecule has 106 valence electrons. The molecular weight excluding hydrogens is 246 g/mol. The van der Waals surface area contributed by atoms with Crippen LogP contribution in [0.3, 0.4) is 0 Å². The Labute approximate surface area is 121 Å². The molecule has 2 aromatic carbocycles. The molecule has 0 atom stereocenters. The lowest BCUT2D eigenvalue weighted by atomic mass is 10.1. The van der Waals surface area contributed by atoms with Crippen LogP contribution in [0.2, 0.25) is 0 Å². The fourth-order valence-corrected chi connectivity index (χ4v) is 2.22. The molecule has 0 aliphatic heterocycles. The van der Waals surface area contributed by atoms with Gasteiger partial charge in [0.05, 0.1) is 0 Å². The minimum Gasteiger partial charge on any atom is -0.489 e. The van der Waals surface area contributed by atoms with Crippen molar-refractivity contribution in [3.8, 4) is 5.75 Å². The molecule has 2 rings (SSSR count). The van der Waals surface area contributed by atoms with Crippen molar-refractivity contribution in [2.75, 3.05) is 13.6 Å². The molecule has 2 aromatic rings. The molecule has 0 aromatic heterocycles. The first-order chi connectivity index (χ1) is 9.83. The minimum absolute atomic E-state index is 0.632. The minimum atomic E-state index is 0.632. The molecule has 0 fully saturated rings. The molecular formula is C18H23NO. The van der Waals surface area contributed by atoms with Crippen LogP contribution in [0.15, 0.2) is 48.5 Å². The van der Waals surface area contributed by atoms with Crippen molar-refractivity contribution in [1.29, 1.82) is 0 Å². The zero-order valence-corrected chi connectivity index (χ0v) is 12.4. The van der Waals surface area contributed by atoms with Crippen molar-refractivity contribution < 1.29 is 4.74 Å². The number of benzene rings is 2. The topological polar surface area (TPSA) is 21.3 Å². The summed E-state index contributed by atoms with van der Waals surface area (Å²) < 4.78 is 5.93. The lowest BCUT2D eigenvalue weighted by Crippen LogP contribution is -2.12. The van der Waals surface area contributed by atoms with Gasteiger partial charge in [0.15, 0.2) is 0 Å². The monoisotopic (exact) mass is 269 g/mol. The average Bonchev–Trinajstić information content (AvgIpc) is 2.52. The van der Waals surface area contributed by atoms with E-state index in [-0.39, 0.29) is 0 Å². The quantitative estimate of drug-likeness (QED) is 0.829. The first kappa shape index (κ1) is 14.6. The van der Waals surface area contributed by atoms with Crippen LogP contribution in [0.25, 0.3) is 0 Å². The fraction of sp³-hybridized carbons (Fsp3) is 0.333. The fourth-order valence-electron chi connectivity index (χ4n) is 2.22. The van der Waals surface area contributed by atoms with Gasteiger partial charge in [0.1, 0.15) is 12.4 Å². The Bertz CT molecular complexity index is 536. The Balaban J connectivity index is 2.02. The highest BCUT2D eigenvalue weighted by Crippen LogP contribution is 2.17. The third-order valence-electron chi connectivity index (χ3n) is 3.46. The SMILES string of the molecule is CCc1cccc(OCc2ccccc2CCNC)c1. The Kier molecular flexibility index (Phi) is 5.63. The van der Waals surface area contributed by atoms with Gasteiger partial charge < -0.3 is 10.1 Å². The molecule has 0 saturated carbocycles. The van der Waals surface area contributed by atoms with Crippen molar-refractivity contribution in [3.05, 3.63) is 65.2 Å². The lowest BCUT2D eigenvalue weighted by Gasteiger charge is -2.11. The van der Waals surface area contributed by atoms with Gasteiger partial charge in [-0.05, 0) is 55.3 Å². The Morgan fingerprint density at radius 3 is 2.55 bits per heavy atom. The van der Waals surface area contributed by atoms with Crippen molar-refractivity contribution >= 4 is 0 Å². The van der Waals surface area contributed by atoms with Gasteiger partial charge in [-0.3, -0.25) is 0 Å². The van der Waals surface area contributed by atoms with E-state index in [0.29, 0.717) is 6.61 Å². The molecule has 0 bridgehead atoms. The number of hydrogen-bond acceptors (Lipinski definition) is 2. The Morgan fingerprint density at radius 2 is 1.80 bits per heavy atom. The van der Waals surface area contributed by atoms with Gasteiger partial charge >= 0.3 is 0 Å². The molecule has 1 N–H and O–H groups in total. The maximum atomic E-state index is 5.93. The Hall–Kier alpha value is -1.80. The van der Waals surface area contributed by atoms with Crippen LogP contribution in [0.4, 0.5) is 0 Å². The number of aryl methyl sites for hydroxylation is 1. The van der Waals surface area contributed by atoms with Crippen LogP contribution in [-0.2, 0) is 19.4 Å². The van der Waals surface area contributed by atoms with Crippen molar-refractivity contribution in [2.24, 2.45) is 0 Å². The van der Waals surface area contributed by atoms with E-state index in [0.717, 1.165) is 25.1 Å². The number of nitrogens with one attached hydrogen (secondary N) is 1. The first-order valence-electron chi connectivity index (χ1n) is 7.26. The summed E-state index contributed by atoms with van der Waals surface area (Å²) in [6.07, 6.45) is 2.07. The van der Waals surface area contributed by atoms with Crippen LogP contribution >= 0.6 is 0 Å². The molecule has 0 heterocycles. The van der Waals surface area contributed by atoms with Gasteiger partial charge in [-0.25, -0.2) is 0 Å². The molecule has 0 aliphatic carbocycles. The van der Waals surface area contributed by atoms with Crippen LogP contribution in [0.5, 0.6) is 5.75 Å². The number of likely N-dealkylation sites (N-methyl/N-ethyl adjacent to an activating group) is 1. The van der Waals surface area contributed by atoms with Crippen LogP contribution in [0, 0.1) is 0 Å². The van der Waals surface area contributed by atoms with Crippen LogP contribution < -0.4 is 10.1 Å². The summed E-state index contributed by atoms with van der Waals surface area (Å²) in [6, 6.07) is 16.8. The molecule has 0 saturated heterocycles. The van der Waals surface area contributed by atoms with Gasteiger partial charge in [-0.15, -0.1) is 0 Å². The van der Waals surface area contributed by atoms with Gasteiger partial charge in [-0.1, -0.05) is 43.3 Å². The zero-order valence-electron chi connectivity index (χ0n) is 12.4. The number of hydrogen-bond donors (Lipinski definition) is 1. The van der Waals surface area contributed by atoms with Crippen LogP contribution in [0.1, 0.15) is 23.6 Å². The molecule has 0 radical (unpaired) electrons. The van der Waals surface area contributed by atoms with E-state index in [4.69, 9.17) is 4.74 Å². The number of ether oxygens (including phenoxy) is 1. The predicted octanol–water partition coefficient (Wildman–Crippen LogP) is 3.59. The summed E-state index contributed by atoms with van der Waals surface area (Å²) in [4.78, 5) is 0.